The zero-order chi connectivity index (χ0) is 25.0. The van der Waals surface area contributed by atoms with E-state index in [1.165, 1.54) is 6.07 Å². The van der Waals surface area contributed by atoms with E-state index in [4.69, 9.17) is 9.57 Å². The molecule has 2 aliphatic heterocycles. The van der Waals surface area contributed by atoms with E-state index in [-0.39, 0.29) is 42.1 Å². The molecular formula is C27H38N2O6. The number of phenolic OH excluding ortho intramolecular Hbond substituents is 2. The Morgan fingerprint density at radius 3 is 2.71 bits per heavy atom. The van der Waals surface area contributed by atoms with Gasteiger partial charge in [0.2, 0.25) is 0 Å². The van der Waals surface area contributed by atoms with Crippen molar-refractivity contribution >= 4 is 17.6 Å². The lowest BCUT2D eigenvalue weighted by Gasteiger charge is -2.26. The summed E-state index contributed by atoms with van der Waals surface area (Å²) in [5.41, 5.74) is 1.09. The monoisotopic (exact) mass is 486 g/mol. The fraction of sp³-hybridized carbons (Fsp3) is 0.593. The number of esters is 1. The second kappa shape index (κ2) is 13.8. The van der Waals surface area contributed by atoms with E-state index in [1.54, 1.807) is 4.90 Å². The van der Waals surface area contributed by atoms with Crippen LogP contribution in [-0.2, 0) is 20.8 Å². The van der Waals surface area contributed by atoms with E-state index in [1.807, 2.05) is 13.0 Å². The van der Waals surface area contributed by atoms with E-state index in [9.17, 15) is 19.8 Å². The Morgan fingerprint density at radius 1 is 1.14 bits per heavy atom. The summed E-state index contributed by atoms with van der Waals surface area (Å²) >= 11 is 0. The van der Waals surface area contributed by atoms with Gasteiger partial charge in [-0.3, -0.25) is 4.79 Å². The third kappa shape index (κ3) is 8.30. The number of amides is 1. The van der Waals surface area contributed by atoms with Gasteiger partial charge in [0.1, 0.15) is 23.2 Å². The van der Waals surface area contributed by atoms with Gasteiger partial charge in [-0.1, -0.05) is 30.7 Å². The van der Waals surface area contributed by atoms with Gasteiger partial charge >= 0.3 is 5.97 Å². The molecule has 2 N–H and O–H groups in total. The molecule has 1 amide bonds. The van der Waals surface area contributed by atoms with Crippen LogP contribution in [0.1, 0.15) is 87.1 Å². The number of carbonyl (C=O) groups excluding carboxylic acids is 2. The second-order valence-corrected chi connectivity index (χ2v) is 9.32. The van der Waals surface area contributed by atoms with Crippen LogP contribution in [0.25, 0.3) is 0 Å². The standard InChI is InChI=1S/C27H38N2O6/c1-2-11-23-13-8-5-3-4-7-12-21(28-34-19-25(32)29-14-9-6-10-15-29)16-20-17-22(30)18-24(31)26(20)27(33)35-23/h5,8,17-18,23,30-31H,2-4,6-7,9-16,19H2,1H3/b8-5+,28-21+. The van der Waals surface area contributed by atoms with E-state index < -0.39 is 5.97 Å². The highest BCUT2D eigenvalue weighted by atomic mass is 16.6. The minimum Gasteiger partial charge on any atom is -0.508 e. The third-order valence-electron chi connectivity index (χ3n) is 6.41. The first-order valence-electron chi connectivity index (χ1n) is 12.8. The minimum absolute atomic E-state index is 0.0297. The summed E-state index contributed by atoms with van der Waals surface area (Å²) in [6, 6.07) is 2.59. The van der Waals surface area contributed by atoms with Gasteiger partial charge < -0.3 is 24.7 Å². The molecule has 1 atom stereocenters. The summed E-state index contributed by atoms with van der Waals surface area (Å²) in [5, 5.41) is 24.9. The van der Waals surface area contributed by atoms with Crippen LogP contribution in [0.4, 0.5) is 0 Å². The quantitative estimate of drug-likeness (QED) is 0.349. The van der Waals surface area contributed by atoms with Gasteiger partial charge in [-0.25, -0.2) is 4.79 Å². The van der Waals surface area contributed by atoms with Gasteiger partial charge in [-0.15, -0.1) is 0 Å². The Labute approximate surface area is 207 Å². The lowest BCUT2D eigenvalue weighted by Crippen LogP contribution is -2.37. The molecule has 8 heteroatoms. The maximum Gasteiger partial charge on any atom is 0.342 e. The Balaban J connectivity index is 1.81. The molecule has 1 unspecified atom stereocenters. The van der Waals surface area contributed by atoms with Gasteiger partial charge in [0.15, 0.2) is 6.61 Å². The summed E-state index contributed by atoms with van der Waals surface area (Å²) in [5.74, 6) is -1.18. The van der Waals surface area contributed by atoms with Crippen molar-refractivity contribution in [1.29, 1.82) is 0 Å². The SMILES string of the molecule is CCCC1C/C=C/CCCC/C(=N\OCC(=O)N2CCCCC2)Cc2cc(O)cc(O)c2C(=O)O1. The number of aromatic hydroxyl groups is 2. The molecule has 192 valence electrons. The molecule has 2 aliphatic rings. The summed E-state index contributed by atoms with van der Waals surface area (Å²) in [6.45, 7) is 3.40. The number of hydrogen-bond donors (Lipinski definition) is 2. The molecule has 0 radical (unpaired) electrons. The van der Waals surface area contributed by atoms with E-state index >= 15 is 0 Å². The summed E-state index contributed by atoms with van der Waals surface area (Å²) in [7, 11) is 0. The number of hydrogen-bond acceptors (Lipinski definition) is 7. The van der Waals surface area contributed by atoms with E-state index in [2.05, 4.69) is 11.2 Å². The number of allylic oxidation sites excluding steroid dienone is 1. The molecule has 35 heavy (non-hydrogen) atoms. The number of benzene rings is 1. The molecule has 0 bridgehead atoms. The number of fused-ring (bicyclic) bond motifs is 1. The van der Waals surface area contributed by atoms with Crippen molar-refractivity contribution < 1.29 is 29.4 Å². The van der Waals surface area contributed by atoms with Crippen molar-refractivity contribution in [1.82, 2.24) is 4.90 Å². The average molecular weight is 487 g/mol. The van der Waals surface area contributed by atoms with E-state index in [0.29, 0.717) is 24.1 Å². The van der Waals surface area contributed by atoms with Crippen molar-refractivity contribution in [2.75, 3.05) is 19.7 Å². The Hall–Kier alpha value is -3.03. The van der Waals surface area contributed by atoms with Crippen LogP contribution in [0.3, 0.4) is 0 Å². The first kappa shape index (κ1) is 26.6. The minimum atomic E-state index is -0.623. The lowest BCUT2D eigenvalue weighted by atomic mass is 9.97. The number of rotatable bonds is 5. The molecule has 0 aliphatic carbocycles. The first-order chi connectivity index (χ1) is 17.0. The molecular weight excluding hydrogens is 448 g/mol. The van der Waals surface area contributed by atoms with Gasteiger partial charge in [0.05, 0.1) is 5.71 Å². The zero-order valence-corrected chi connectivity index (χ0v) is 20.7. The number of piperidine rings is 1. The summed E-state index contributed by atoms with van der Waals surface area (Å²) in [4.78, 5) is 32.8. The van der Waals surface area contributed by atoms with Crippen LogP contribution in [-0.4, -0.2) is 58.5 Å². The molecule has 0 saturated carbocycles. The highest BCUT2D eigenvalue weighted by Gasteiger charge is 2.24. The van der Waals surface area contributed by atoms with Crippen molar-refractivity contribution in [3.63, 3.8) is 0 Å². The highest BCUT2D eigenvalue weighted by Crippen LogP contribution is 2.30. The van der Waals surface area contributed by atoms with Gasteiger partial charge in [-0.05, 0) is 63.0 Å². The van der Waals surface area contributed by atoms with Gasteiger partial charge in [0, 0.05) is 32.0 Å². The summed E-state index contributed by atoms with van der Waals surface area (Å²) in [6.07, 6.45) is 12.8. The van der Waals surface area contributed by atoms with Gasteiger partial charge in [0.25, 0.3) is 5.91 Å². The fourth-order valence-electron chi connectivity index (χ4n) is 4.56. The normalized spacial score (nSPS) is 22.1. The molecule has 1 aromatic rings. The zero-order valence-electron chi connectivity index (χ0n) is 20.7. The second-order valence-electron chi connectivity index (χ2n) is 9.32. The number of ether oxygens (including phenoxy) is 1. The molecule has 0 spiro atoms. The highest BCUT2D eigenvalue weighted by molar-refractivity contribution is 5.97. The molecule has 3 rings (SSSR count). The van der Waals surface area contributed by atoms with Crippen molar-refractivity contribution in [3.8, 4) is 11.5 Å². The Kier molecular flexibility index (Phi) is 10.4. The molecule has 0 aromatic heterocycles. The van der Waals surface area contributed by atoms with Crippen LogP contribution < -0.4 is 0 Å². The number of oxime groups is 1. The Morgan fingerprint density at radius 2 is 1.94 bits per heavy atom. The number of cyclic esters (lactones) is 1. The molecule has 1 saturated heterocycles. The lowest BCUT2D eigenvalue weighted by molar-refractivity contribution is -0.137. The van der Waals surface area contributed by atoms with Crippen molar-refractivity contribution in [3.05, 3.63) is 35.4 Å². The first-order valence-corrected chi connectivity index (χ1v) is 12.8. The number of phenols is 2. The maximum absolute atomic E-state index is 13.1. The number of carbonyl (C=O) groups is 2. The van der Waals surface area contributed by atoms with Crippen molar-refractivity contribution in [2.45, 2.75) is 83.7 Å². The largest absolute Gasteiger partial charge is 0.508 e. The van der Waals surface area contributed by atoms with Crippen LogP contribution in [0.15, 0.2) is 29.4 Å². The molecule has 8 nitrogen and oxygen atoms in total. The van der Waals surface area contributed by atoms with Crippen LogP contribution in [0.2, 0.25) is 0 Å². The molecule has 2 heterocycles. The molecule has 1 fully saturated rings. The topological polar surface area (TPSA) is 109 Å². The molecule has 1 aromatic carbocycles. The summed E-state index contributed by atoms with van der Waals surface area (Å²) < 4.78 is 5.74. The average Bonchev–Trinajstić information content (AvgIpc) is 2.82. The van der Waals surface area contributed by atoms with Crippen LogP contribution in [0, 0.1) is 0 Å². The predicted molar refractivity (Wildman–Crippen MR) is 134 cm³/mol. The predicted octanol–water partition coefficient (Wildman–Crippen LogP) is 4.87. The Bertz CT molecular complexity index is 920. The number of likely N-dealkylation sites (tertiary alicyclic amines) is 1. The maximum atomic E-state index is 13.1. The van der Waals surface area contributed by atoms with Crippen LogP contribution >= 0.6 is 0 Å². The van der Waals surface area contributed by atoms with Crippen LogP contribution in [0.5, 0.6) is 11.5 Å². The number of nitrogens with zero attached hydrogens (tertiary/aromatic N) is 2. The smallest absolute Gasteiger partial charge is 0.342 e. The fourth-order valence-corrected chi connectivity index (χ4v) is 4.56. The van der Waals surface area contributed by atoms with Gasteiger partial charge in [-0.2, -0.15) is 0 Å². The van der Waals surface area contributed by atoms with Crippen molar-refractivity contribution in [2.24, 2.45) is 5.16 Å². The third-order valence-corrected chi connectivity index (χ3v) is 6.41. The van der Waals surface area contributed by atoms with E-state index in [0.717, 1.165) is 70.5 Å².